The summed E-state index contributed by atoms with van der Waals surface area (Å²) in [6.45, 7) is 4.46. The fourth-order valence-electron chi connectivity index (χ4n) is 2.79. The number of nitrogens with zero attached hydrogens (tertiary/aromatic N) is 1. The summed E-state index contributed by atoms with van der Waals surface area (Å²) >= 11 is 0. The van der Waals surface area contributed by atoms with Crippen LogP contribution in [-0.2, 0) is 0 Å². The highest BCUT2D eigenvalue weighted by Crippen LogP contribution is 2.28. The highest BCUT2D eigenvalue weighted by Gasteiger charge is 2.17. The average Bonchev–Trinajstić information content (AvgIpc) is 2.72. The van der Waals surface area contributed by atoms with Crippen molar-refractivity contribution < 1.29 is 19.0 Å². The Morgan fingerprint density at radius 1 is 1.11 bits per heavy atom. The number of hydrogen-bond acceptors (Lipinski definition) is 5. The molecule has 1 N–H and O–H groups in total. The summed E-state index contributed by atoms with van der Waals surface area (Å²) < 4.78 is 16.1. The van der Waals surface area contributed by atoms with Crippen LogP contribution in [0.15, 0.2) is 55.1 Å². The molecule has 0 radical (unpaired) electrons. The van der Waals surface area contributed by atoms with Crippen LogP contribution in [0.25, 0.3) is 0 Å². The van der Waals surface area contributed by atoms with E-state index in [1.165, 1.54) is 0 Å². The van der Waals surface area contributed by atoms with Gasteiger partial charge in [-0.05, 0) is 50.0 Å². The van der Waals surface area contributed by atoms with E-state index in [-0.39, 0.29) is 11.9 Å². The second kappa shape index (κ2) is 10.4. The van der Waals surface area contributed by atoms with Crippen LogP contribution < -0.4 is 19.5 Å². The van der Waals surface area contributed by atoms with Crippen LogP contribution in [0.4, 0.5) is 0 Å². The average molecular weight is 384 g/mol. The molecule has 2 rings (SSSR count). The van der Waals surface area contributed by atoms with Gasteiger partial charge in [0.25, 0.3) is 5.91 Å². The lowest BCUT2D eigenvalue weighted by Gasteiger charge is -2.25. The standard InChI is InChI=1S/C22H28N2O4/c1-6-13-28-20-12-9-17(14-21(20)27-5)22(25)23-15-19(24(2)3)16-7-10-18(26-4)11-8-16/h6-12,14,19H,1,13,15H2,2-5H3,(H,23,25). The first kappa shape index (κ1) is 21.3. The first-order chi connectivity index (χ1) is 13.5. The minimum absolute atomic E-state index is 0.0342. The number of carbonyl (C=O) groups is 1. The molecule has 0 saturated carbocycles. The molecule has 1 atom stereocenters. The molecule has 1 amide bonds. The number of rotatable bonds is 10. The SMILES string of the molecule is C=CCOc1ccc(C(=O)NCC(c2ccc(OC)cc2)N(C)C)cc1OC. The van der Waals surface area contributed by atoms with Gasteiger partial charge in [-0.2, -0.15) is 0 Å². The molecule has 0 aliphatic carbocycles. The molecule has 0 aliphatic heterocycles. The van der Waals surface area contributed by atoms with Crippen LogP contribution in [-0.4, -0.2) is 52.3 Å². The summed E-state index contributed by atoms with van der Waals surface area (Å²) in [4.78, 5) is 14.7. The molecule has 0 bridgehead atoms. The van der Waals surface area contributed by atoms with Gasteiger partial charge in [-0.15, -0.1) is 0 Å². The fourth-order valence-corrected chi connectivity index (χ4v) is 2.79. The topological polar surface area (TPSA) is 60.0 Å². The molecular formula is C22H28N2O4. The summed E-state index contributed by atoms with van der Waals surface area (Å²) in [5, 5.41) is 3.00. The lowest BCUT2D eigenvalue weighted by atomic mass is 10.1. The largest absolute Gasteiger partial charge is 0.497 e. The molecule has 150 valence electrons. The summed E-state index contributed by atoms with van der Waals surface area (Å²) in [6.07, 6.45) is 1.65. The van der Waals surface area contributed by atoms with Crippen LogP contribution in [0.5, 0.6) is 17.2 Å². The van der Waals surface area contributed by atoms with E-state index >= 15 is 0 Å². The van der Waals surface area contributed by atoms with E-state index in [2.05, 4.69) is 16.8 Å². The van der Waals surface area contributed by atoms with Gasteiger partial charge < -0.3 is 24.4 Å². The van der Waals surface area contributed by atoms with Gasteiger partial charge in [0.2, 0.25) is 0 Å². The Labute approximate surface area is 166 Å². The first-order valence-corrected chi connectivity index (χ1v) is 9.00. The van der Waals surface area contributed by atoms with Gasteiger partial charge in [-0.3, -0.25) is 4.79 Å². The number of likely N-dealkylation sites (N-methyl/N-ethyl adjacent to an activating group) is 1. The summed E-state index contributed by atoms with van der Waals surface area (Å²) in [7, 11) is 7.15. The number of carbonyl (C=O) groups excluding carboxylic acids is 1. The predicted molar refractivity (Wildman–Crippen MR) is 110 cm³/mol. The van der Waals surface area contributed by atoms with E-state index < -0.39 is 0 Å². The number of nitrogens with one attached hydrogen (secondary N) is 1. The lowest BCUT2D eigenvalue weighted by molar-refractivity contribution is 0.0941. The molecule has 28 heavy (non-hydrogen) atoms. The van der Waals surface area contributed by atoms with E-state index in [0.29, 0.717) is 30.2 Å². The third-order valence-electron chi connectivity index (χ3n) is 4.36. The fraction of sp³-hybridized carbons (Fsp3) is 0.318. The van der Waals surface area contributed by atoms with Crippen molar-refractivity contribution in [1.29, 1.82) is 0 Å². The maximum Gasteiger partial charge on any atom is 0.251 e. The smallest absolute Gasteiger partial charge is 0.251 e. The Hall–Kier alpha value is -2.99. The molecular weight excluding hydrogens is 356 g/mol. The van der Waals surface area contributed by atoms with Gasteiger partial charge in [-0.1, -0.05) is 24.8 Å². The Bertz CT molecular complexity index is 788. The zero-order valence-electron chi connectivity index (χ0n) is 16.9. The normalized spacial score (nSPS) is 11.6. The molecule has 0 aliphatic rings. The number of amides is 1. The molecule has 0 saturated heterocycles. The van der Waals surface area contributed by atoms with E-state index in [9.17, 15) is 4.79 Å². The molecule has 0 heterocycles. The van der Waals surface area contributed by atoms with Crippen molar-refractivity contribution in [2.75, 3.05) is 41.5 Å². The number of hydrogen-bond donors (Lipinski definition) is 1. The zero-order chi connectivity index (χ0) is 20.5. The number of methoxy groups -OCH3 is 2. The van der Waals surface area contributed by atoms with Crippen molar-refractivity contribution in [3.8, 4) is 17.2 Å². The summed E-state index contributed by atoms with van der Waals surface area (Å²) in [5.74, 6) is 1.71. The summed E-state index contributed by atoms with van der Waals surface area (Å²) in [5.41, 5.74) is 1.60. The van der Waals surface area contributed by atoms with Crippen molar-refractivity contribution >= 4 is 5.91 Å². The maximum atomic E-state index is 12.6. The van der Waals surface area contributed by atoms with Crippen molar-refractivity contribution in [2.24, 2.45) is 0 Å². The molecule has 0 spiro atoms. The Kier molecular flexibility index (Phi) is 7.89. The first-order valence-electron chi connectivity index (χ1n) is 9.00. The van der Waals surface area contributed by atoms with Crippen LogP contribution in [0.1, 0.15) is 22.0 Å². The number of benzene rings is 2. The molecule has 0 aromatic heterocycles. The third-order valence-corrected chi connectivity index (χ3v) is 4.36. The van der Waals surface area contributed by atoms with Crippen molar-refractivity contribution in [3.63, 3.8) is 0 Å². The second-order valence-electron chi connectivity index (χ2n) is 6.43. The molecule has 6 nitrogen and oxygen atoms in total. The highest BCUT2D eigenvalue weighted by molar-refractivity contribution is 5.94. The van der Waals surface area contributed by atoms with Gasteiger partial charge in [0.15, 0.2) is 11.5 Å². The minimum atomic E-state index is -0.172. The molecule has 1 unspecified atom stereocenters. The van der Waals surface area contributed by atoms with Gasteiger partial charge in [0, 0.05) is 12.1 Å². The second-order valence-corrected chi connectivity index (χ2v) is 6.43. The molecule has 0 fully saturated rings. The van der Waals surface area contributed by atoms with E-state index in [4.69, 9.17) is 14.2 Å². The van der Waals surface area contributed by atoms with Crippen molar-refractivity contribution in [2.45, 2.75) is 6.04 Å². The van der Waals surface area contributed by atoms with Gasteiger partial charge in [0.05, 0.1) is 20.3 Å². The van der Waals surface area contributed by atoms with Gasteiger partial charge >= 0.3 is 0 Å². The monoisotopic (exact) mass is 384 g/mol. The Morgan fingerprint density at radius 3 is 2.39 bits per heavy atom. The number of ether oxygens (including phenoxy) is 3. The van der Waals surface area contributed by atoms with Gasteiger partial charge in [-0.25, -0.2) is 0 Å². The summed E-state index contributed by atoms with van der Waals surface area (Å²) in [6, 6.07) is 13.0. The quantitative estimate of drug-likeness (QED) is 0.637. The molecule has 2 aromatic carbocycles. The molecule has 6 heteroatoms. The Balaban J connectivity index is 2.08. The minimum Gasteiger partial charge on any atom is -0.497 e. The van der Waals surface area contributed by atoms with E-state index in [1.807, 2.05) is 38.4 Å². The third kappa shape index (κ3) is 5.50. The zero-order valence-corrected chi connectivity index (χ0v) is 16.9. The van der Waals surface area contributed by atoms with E-state index in [1.54, 1.807) is 38.5 Å². The van der Waals surface area contributed by atoms with E-state index in [0.717, 1.165) is 11.3 Å². The van der Waals surface area contributed by atoms with Crippen LogP contribution in [0.2, 0.25) is 0 Å². The Morgan fingerprint density at radius 2 is 1.82 bits per heavy atom. The van der Waals surface area contributed by atoms with Gasteiger partial charge in [0.1, 0.15) is 12.4 Å². The van der Waals surface area contributed by atoms with Crippen LogP contribution in [0, 0.1) is 0 Å². The predicted octanol–water partition coefficient (Wildman–Crippen LogP) is 3.30. The lowest BCUT2D eigenvalue weighted by Crippen LogP contribution is -2.34. The highest BCUT2D eigenvalue weighted by atomic mass is 16.5. The molecule has 2 aromatic rings. The maximum absolute atomic E-state index is 12.6. The van der Waals surface area contributed by atoms with Crippen LogP contribution in [0.3, 0.4) is 0 Å². The van der Waals surface area contributed by atoms with Crippen molar-refractivity contribution in [3.05, 3.63) is 66.2 Å². The van der Waals surface area contributed by atoms with Crippen LogP contribution >= 0.6 is 0 Å². The van der Waals surface area contributed by atoms with Crippen molar-refractivity contribution in [1.82, 2.24) is 10.2 Å².